The summed E-state index contributed by atoms with van der Waals surface area (Å²) in [7, 11) is 1.71. The molecule has 0 amide bonds. The summed E-state index contributed by atoms with van der Waals surface area (Å²) in [5.41, 5.74) is 1.16. The van der Waals surface area contributed by atoms with Gasteiger partial charge in [0.1, 0.15) is 11.9 Å². The minimum absolute atomic E-state index is 0.308. The molecule has 0 bridgehead atoms. The van der Waals surface area contributed by atoms with E-state index in [9.17, 15) is 0 Å². The van der Waals surface area contributed by atoms with Crippen molar-refractivity contribution in [1.82, 2.24) is 5.32 Å². The maximum atomic E-state index is 6.11. The Bertz CT molecular complexity index is 367. The average Bonchev–Trinajstić information content (AvgIpc) is 2.78. The fourth-order valence-corrected chi connectivity index (χ4v) is 2.61. The van der Waals surface area contributed by atoms with Crippen molar-refractivity contribution < 1.29 is 9.47 Å². The molecule has 0 aliphatic heterocycles. The highest BCUT2D eigenvalue weighted by atomic mass is 16.5. The first-order valence-corrected chi connectivity index (χ1v) is 6.81. The molecular formula is C15H23NO2. The lowest BCUT2D eigenvalue weighted by Gasteiger charge is -2.22. The summed E-state index contributed by atoms with van der Waals surface area (Å²) in [5, 5.41) is 3.50. The Labute approximate surface area is 109 Å². The molecule has 100 valence electrons. The van der Waals surface area contributed by atoms with Gasteiger partial charge in [0.15, 0.2) is 0 Å². The van der Waals surface area contributed by atoms with E-state index in [4.69, 9.17) is 9.47 Å². The van der Waals surface area contributed by atoms with E-state index < -0.39 is 0 Å². The fourth-order valence-electron chi connectivity index (χ4n) is 2.61. The maximum absolute atomic E-state index is 6.11. The van der Waals surface area contributed by atoms with Crippen LogP contribution in [0, 0.1) is 0 Å². The summed E-state index contributed by atoms with van der Waals surface area (Å²) in [6.45, 7) is 3.79. The van der Waals surface area contributed by atoms with Crippen molar-refractivity contribution in [1.29, 1.82) is 0 Å². The normalized spacial score (nSPS) is 23.2. The second-order valence-corrected chi connectivity index (χ2v) is 4.83. The van der Waals surface area contributed by atoms with E-state index >= 15 is 0 Å². The van der Waals surface area contributed by atoms with Gasteiger partial charge in [-0.1, -0.05) is 19.1 Å². The van der Waals surface area contributed by atoms with Crippen LogP contribution in [0.25, 0.3) is 0 Å². The molecule has 1 aliphatic rings. The number of methoxy groups -OCH3 is 1. The van der Waals surface area contributed by atoms with E-state index in [0.29, 0.717) is 18.8 Å². The summed E-state index contributed by atoms with van der Waals surface area (Å²) in [6, 6.07) is 8.69. The molecule has 2 rings (SSSR count). The number of ether oxygens (including phenoxy) is 2. The third-order valence-electron chi connectivity index (χ3n) is 3.42. The van der Waals surface area contributed by atoms with E-state index in [2.05, 4.69) is 24.4 Å². The van der Waals surface area contributed by atoms with E-state index in [-0.39, 0.29) is 0 Å². The molecule has 1 aliphatic carbocycles. The van der Waals surface area contributed by atoms with Crippen LogP contribution in [0.3, 0.4) is 0 Å². The van der Waals surface area contributed by atoms with Gasteiger partial charge in [-0.3, -0.25) is 0 Å². The van der Waals surface area contributed by atoms with Gasteiger partial charge in [-0.15, -0.1) is 0 Å². The molecule has 0 heterocycles. The smallest absolute Gasteiger partial charge is 0.120 e. The standard InChI is InChI=1S/C15H23NO2/c1-3-16-14-8-5-9-15(14)18-13-7-4-6-12(10-13)11-17-2/h4,6-7,10,14-16H,3,5,8-9,11H2,1-2H3. The van der Waals surface area contributed by atoms with Crippen molar-refractivity contribution in [3.63, 3.8) is 0 Å². The second kappa shape index (κ2) is 6.76. The van der Waals surface area contributed by atoms with Crippen LogP contribution in [0.1, 0.15) is 31.7 Å². The van der Waals surface area contributed by atoms with Gasteiger partial charge in [0.05, 0.1) is 6.61 Å². The molecule has 18 heavy (non-hydrogen) atoms. The lowest BCUT2D eigenvalue weighted by Crippen LogP contribution is -2.38. The zero-order valence-electron chi connectivity index (χ0n) is 11.3. The Morgan fingerprint density at radius 3 is 3.00 bits per heavy atom. The minimum atomic E-state index is 0.308. The zero-order chi connectivity index (χ0) is 12.8. The van der Waals surface area contributed by atoms with Crippen LogP contribution in [0.15, 0.2) is 24.3 Å². The second-order valence-electron chi connectivity index (χ2n) is 4.83. The van der Waals surface area contributed by atoms with E-state index in [1.54, 1.807) is 7.11 Å². The van der Waals surface area contributed by atoms with Gasteiger partial charge in [0.25, 0.3) is 0 Å². The van der Waals surface area contributed by atoms with Crippen molar-refractivity contribution in [2.75, 3.05) is 13.7 Å². The first-order valence-electron chi connectivity index (χ1n) is 6.81. The third-order valence-corrected chi connectivity index (χ3v) is 3.42. The van der Waals surface area contributed by atoms with Crippen molar-refractivity contribution in [3.8, 4) is 5.75 Å². The largest absolute Gasteiger partial charge is 0.489 e. The van der Waals surface area contributed by atoms with Crippen LogP contribution in [0.5, 0.6) is 5.75 Å². The number of likely N-dealkylation sites (N-methyl/N-ethyl adjacent to an activating group) is 1. The van der Waals surface area contributed by atoms with Crippen LogP contribution in [-0.4, -0.2) is 25.8 Å². The van der Waals surface area contributed by atoms with Crippen molar-refractivity contribution in [2.45, 2.75) is 44.9 Å². The molecule has 1 aromatic rings. The first-order chi connectivity index (χ1) is 8.83. The number of benzene rings is 1. The van der Waals surface area contributed by atoms with Crippen molar-refractivity contribution in [3.05, 3.63) is 29.8 Å². The fraction of sp³-hybridized carbons (Fsp3) is 0.600. The molecule has 2 unspecified atom stereocenters. The Hall–Kier alpha value is -1.06. The number of rotatable bonds is 6. The number of hydrogen-bond donors (Lipinski definition) is 1. The molecule has 1 fully saturated rings. The third kappa shape index (κ3) is 3.47. The Morgan fingerprint density at radius 2 is 2.22 bits per heavy atom. The Balaban J connectivity index is 1.97. The van der Waals surface area contributed by atoms with Crippen LogP contribution in [0.4, 0.5) is 0 Å². The lowest BCUT2D eigenvalue weighted by molar-refractivity contribution is 0.172. The molecule has 1 saturated carbocycles. The summed E-state index contributed by atoms with van der Waals surface area (Å²) in [5.74, 6) is 0.958. The molecule has 0 saturated heterocycles. The minimum Gasteiger partial charge on any atom is -0.489 e. The summed E-state index contributed by atoms with van der Waals surface area (Å²) in [6.07, 6.45) is 3.92. The molecule has 2 atom stereocenters. The molecule has 0 spiro atoms. The molecule has 3 nitrogen and oxygen atoms in total. The molecule has 0 radical (unpaired) electrons. The van der Waals surface area contributed by atoms with E-state index in [0.717, 1.165) is 24.3 Å². The van der Waals surface area contributed by atoms with Gasteiger partial charge in [0.2, 0.25) is 0 Å². The monoisotopic (exact) mass is 249 g/mol. The SMILES string of the molecule is CCNC1CCCC1Oc1cccc(COC)c1. The summed E-state index contributed by atoms with van der Waals surface area (Å²) in [4.78, 5) is 0. The Morgan fingerprint density at radius 1 is 1.33 bits per heavy atom. The molecule has 1 N–H and O–H groups in total. The summed E-state index contributed by atoms with van der Waals surface area (Å²) < 4.78 is 11.3. The highest BCUT2D eigenvalue weighted by molar-refractivity contribution is 5.28. The molecule has 3 heteroatoms. The first kappa shape index (κ1) is 13.4. The topological polar surface area (TPSA) is 30.5 Å². The molecular weight excluding hydrogens is 226 g/mol. The van der Waals surface area contributed by atoms with Gasteiger partial charge in [-0.25, -0.2) is 0 Å². The lowest BCUT2D eigenvalue weighted by atomic mass is 10.2. The van der Waals surface area contributed by atoms with Gasteiger partial charge < -0.3 is 14.8 Å². The van der Waals surface area contributed by atoms with Crippen molar-refractivity contribution in [2.24, 2.45) is 0 Å². The van der Waals surface area contributed by atoms with Crippen LogP contribution >= 0.6 is 0 Å². The van der Waals surface area contributed by atoms with Crippen molar-refractivity contribution >= 4 is 0 Å². The van der Waals surface area contributed by atoms with E-state index in [1.807, 2.05) is 12.1 Å². The van der Waals surface area contributed by atoms with Crippen LogP contribution < -0.4 is 10.1 Å². The molecule has 0 aromatic heterocycles. The van der Waals surface area contributed by atoms with Gasteiger partial charge in [-0.05, 0) is 43.5 Å². The van der Waals surface area contributed by atoms with E-state index in [1.165, 1.54) is 12.8 Å². The molecule has 1 aromatic carbocycles. The number of nitrogens with one attached hydrogen (secondary N) is 1. The van der Waals surface area contributed by atoms with Gasteiger partial charge in [-0.2, -0.15) is 0 Å². The van der Waals surface area contributed by atoms with Gasteiger partial charge >= 0.3 is 0 Å². The quantitative estimate of drug-likeness (QED) is 0.841. The highest BCUT2D eigenvalue weighted by Gasteiger charge is 2.28. The van der Waals surface area contributed by atoms with Crippen LogP contribution in [-0.2, 0) is 11.3 Å². The predicted octanol–water partition coefficient (Wildman–Crippen LogP) is 2.74. The Kier molecular flexibility index (Phi) is 5.02. The number of hydrogen-bond acceptors (Lipinski definition) is 3. The van der Waals surface area contributed by atoms with Crippen LogP contribution in [0.2, 0.25) is 0 Å². The predicted molar refractivity (Wildman–Crippen MR) is 72.9 cm³/mol. The average molecular weight is 249 g/mol. The highest BCUT2D eigenvalue weighted by Crippen LogP contribution is 2.25. The van der Waals surface area contributed by atoms with Gasteiger partial charge in [0, 0.05) is 13.2 Å². The zero-order valence-corrected chi connectivity index (χ0v) is 11.3. The summed E-state index contributed by atoms with van der Waals surface area (Å²) >= 11 is 0. The maximum Gasteiger partial charge on any atom is 0.120 e.